The van der Waals surface area contributed by atoms with E-state index < -0.39 is 10.9 Å². The molecule has 4 rings (SSSR count). The van der Waals surface area contributed by atoms with Crippen LogP contribution in [0.2, 0.25) is 5.02 Å². The van der Waals surface area contributed by atoms with E-state index in [9.17, 15) is 9.59 Å². The van der Waals surface area contributed by atoms with Crippen molar-refractivity contribution in [3.8, 4) is 11.5 Å². The summed E-state index contributed by atoms with van der Waals surface area (Å²) in [7, 11) is 0. The Morgan fingerprint density at radius 2 is 1.50 bits per heavy atom. The maximum Gasteiger partial charge on any atom is 0.253 e. The topological polar surface area (TPSA) is 76.7 Å². The molecule has 6 nitrogen and oxygen atoms in total. The zero-order valence-electron chi connectivity index (χ0n) is 13.7. The standard InChI is InChI=1S/C19H15ClN2O4/c20-13-3-1-2-11(6-13)8-21-16-17(19(24)18(16)23)22-9-12-4-5-14-15(7-12)26-10-25-14/h1-7,21-22H,8-10H2. The van der Waals surface area contributed by atoms with Gasteiger partial charge in [-0.3, -0.25) is 9.59 Å². The van der Waals surface area contributed by atoms with Crippen LogP contribution in [-0.2, 0) is 13.1 Å². The van der Waals surface area contributed by atoms with Gasteiger partial charge in [-0.05, 0) is 35.4 Å². The van der Waals surface area contributed by atoms with E-state index in [2.05, 4.69) is 10.6 Å². The maximum absolute atomic E-state index is 11.9. The number of rotatable bonds is 6. The number of benzene rings is 2. The molecule has 0 unspecified atom stereocenters. The predicted octanol–water partition coefficient (Wildman–Crippen LogP) is 2.89. The van der Waals surface area contributed by atoms with Crippen LogP contribution in [0.1, 0.15) is 11.1 Å². The molecule has 0 saturated carbocycles. The second-order valence-corrected chi connectivity index (χ2v) is 6.37. The lowest BCUT2D eigenvalue weighted by Crippen LogP contribution is -2.37. The van der Waals surface area contributed by atoms with Gasteiger partial charge in [0.15, 0.2) is 11.5 Å². The lowest BCUT2D eigenvalue weighted by atomic mass is 10.1. The van der Waals surface area contributed by atoms with E-state index >= 15 is 0 Å². The molecule has 0 aromatic heterocycles. The van der Waals surface area contributed by atoms with Crippen LogP contribution in [-0.4, -0.2) is 6.79 Å². The van der Waals surface area contributed by atoms with E-state index in [4.69, 9.17) is 21.1 Å². The maximum atomic E-state index is 11.9. The predicted molar refractivity (Wildman–Crippen MR) is 100 cm³/mol. The van der Waals surface area contributed by atoms with Crippen LogP contribution in [0.4, 0.5) is 11.4 Å². The molecule has 1 aliphatic rings. The van der Waals surface area contributed by atoms with E-state index in [-0.39, 0.29) is 6.79 Å². The van der Waals surface area contributed by atoms with Crippen molar-refractivity contribution in [2.24, 2.45) is 0 Å². The Morgan fingerprint density at radius 3 is 2.19 bits per heavy atom. The van der Waals surface area contributed by atoms with Gasteiger partial charge in [0.2, 0.25) is 6.79 Å². The normalized spacial score (nSPS) is 12.3. The Labute approximate surface area is 154 Å². The molecule has 0 saturated heterocycles. The van der Waals surface area contributed by atoms with Gasteiger partial charge in [0, 0.05) is 18.1 Å². The van der Waals surface area contributed by atoms with E-state index in [0.29, 0.717) is 41.0 Å². The first-order chi connectivity index (χ1) is 12.6. The van der Waals surface area contributed by atoms with Gasteiger partial charge in [0.05, 0.1) is 0 Å². The zero-order chi connectivity index (χ0) is 18.1. The van der Waals surface area contributed by atoms with Gasteiger partial charge in [-0.1, -0.05) is 29.8 Å². The SMILES string of the molecule is O=c1c(NCc2cccc(Cl)c2)c(NCc2ccc3c(c2)OCO3)c1=O. The largest absolute Gasteiger partial charge is 0.454 e. The highest BCUT2D eigenvalue weighted by Crippen LogP contribution is 2.32. The number of hydrogen-bond donors (Lipinski definition) is 2. The van der Waals surface area contributed by atoms with Gasteiger partial charge in [0.25, 0.3) is 10.9 Å². The molecule has 1 aliphatic heterocycles. The number of anilines is 2. The summed E-state index contributed by atoms with van der Waals surface area (Å²) < 4.78 is 10.6. The quantitative estimate of drug-likeness (QED) is 0.650. The summed E-state index contributed by atoms with van der Waals surface area (Å²) in [6, 6.07) is 12.9. The van der Waals surface area contributed by atoms with Crippen molar-refractivity contribution in [2.75, 3.05) is 17.4 Å². The fourth-order valence-electron chi connectivity index (χ4n) is 2.81. The number of halogens is 1. The van der Waals surface area contributed by atoms with Crippen LogP contribution in [0, 0.1) is 0 Å². The Bertz CT molecular complexity index is 1040. The van der Waals surface area contributed by atoms with Crippen molar-refractivity contribution in [3.05, 3.63) is 79.1 Å². The van der Waals surface area contributed by atoms with Crippen molar-refractivity contribution < 1.29 is 9.47 Å². The summed E-state index contributed by atoms with van der Waals surface area (Å²) in [6.45, 7) is 1.01. The molecule has 2 N–H and O–H groups in total. The van der Waals surface area contributed by atoms with Gasteiger partial charge in [-0.15, -0.1) is 0 Å². The smallest absolute Gasteiger partial charge is 0.253 e. The van der Waals surface area contributed by atoms with Gasteiger partial charge < -0.3 is 20.1 Å². The van der Waals surface area contributed by atoms with Crippen molar-refractivity contribution >= 4 is 23.0 Å². The van der Waals surface area contributed by atoms with Crippen molar-refractivity contribution in [1.29, 1.82) is 0 Å². The number of ether oxygens (including phenoxy) is 2. The molecule has 26 heavy (non-hydrogen) atoms. The number of nitrogens with one attached hydrogen (secondary N) is 2. The molecule has 0 atom stereocenters. The Hall–Kier alpha value is -2.99. The summed E-state index contributed by atoms with van der Waals surface area (Å²) in [6.07, 6.45) is 0. The summed E-state index contributed by atoms with van der Waals surface area (Å²) in [5, 5.41) is 6.66. The molecule has 132 valence electrons. The van der Waals surface area contributed by atoms with Crippen molar-refractivity contribution in [1.82, 2.24) is 0 Å². The fourth-order valence-corrected chi connectivity index (χ4v) is 3.02. The Balaban J connectivity index is 1.44. The van der Waals surface area contributed by atoms with Gasteiger partial charge in [-0.25, -0.2) is 0 Å². The fraction of sp³-hybridized carbons (Fsp3) is 0.158. The summed E-state index contributed by atoms with van der Waals surface area (Å²) in [4.78, 5) is 23.7. The van der Waals surface area contributed by atoms with Crippen molar-refractivity contribution in [2.45, 2.75) is 13.1 Å². The average Bonchev–Trinajstić information content (AvgIpc) is 3.11. The molecule has 3 aromatic rings. The number of hydrogen-bond acceptors (Lipinski definition) is 6. The lowest BCUT2D eigenvalue weighted by molar-refractivity contribution is 0.174. The average molecular weight is 371 g/mol. The second-order valence-electron chi connectivity index (χ2n) is 5.93. The molecule has 0 fully saturated rings. The molecular weight excluding hydrogens is 356 g/mol. The Morgan fingerprint density at radius 1 is 0.846 bits per heavy atom. The van der Waals surface area contributed by atoms with Crippen molar-refractivity contribution in [3.63, 3.8) is 0 Å². The van der Waals surface area contributed by atoms with Crippen LogP contribution in [0.3, 0.4) is 0 Å². The molecule has 0 amide bonds. The third-order valence-electron chi connectivity index (χ3n) is 4.17. The highest BCUT2D eigenvalue weighted by Gasteiger charge is 2.21. The summed E-state index contributed by atoms with van der Waals surface area (Å²) in [5.41, 5.74) is 1.42. The van der Waals surface area contributed by atoms with Gasteiger partial charge in [-0.2, -0.15) is 0 Å². The molecule has 7 heteroatoms. The molecular formula is C19H15ClN2O4. The molecule has 0 spiro atoms. The molecule has 3 aromatic carbocycles. The summed E-state index contributed by atoms with van der Waals surface area (Å²) >= 11 is 5.95. The van der Waals surface area contributed by atoms with E-state index in [0.717, 1.165) is 11.1 Å². The monoisotopic (exact) mass is 370 g/mol. The second kappa shape index (κ2) is 6.72. The van der Waals surface area contributed by atoms with E-state index in [1.54, 1.807) is 12.1 Å². The molecule has 0 bridgehead atoms. The van der Waals surface area contributed by atoms with E-state index in [1.165, 1.54) is 0 Å². The minimum Gasteiger partial charge on any atom is -0.454 e. The van der Waals surface area contributed by atoms with Crippen LogP contribution in [0.15, 0.2) is 52.1 Å². The first-order valence-electron chi connectivity index (χ1n) is 8.06. The molecule has 0 aliphatic carbocycles. The first-order valence-corrected chi connectivity index (χ1v) is 8.43. The van der Waals surface area contributed by atoms with E-state index in [1.807, 2.05) is 30.3 Å². The van der Waals surface area contributed by atoms with Gasteiger partial charge >= 0.3 is 0 Å². The van der Waals surface area contributed by atoms with Crippen LogP contribution in [0.25, 0.3) is 0 Å². The van der Waals surface area contributed by atoms with Crippen LogP contribution >= 0.6 is 11.6 Å². The third kappa shape index (κ3) is 3.11. The third-order valence-corrected chi connectivity index (χ3v) is 4.41. The van der Waals surface area contributed by atoms with Crippen LogP contribution < -0.4 is 31.0 Å². The highest BCUT2D eigenvalue weighted by atomic mass is 35.5. The lowest BCUT2D eigenvalue weighted by Gasteiger charge is -2.15. The minimum atomic E-state index is -0.515. The molecule has 0 radical (unpaired) electrons. The van der Waals surface area contributed by atoms with Gasteiger partial charge in [0.1, 0.15) is 11.4 Å². The summed E-state index contributed by atoms with van der Waals surface area (Å²) in [5.74, 6) is 1.38. The Kier molecular flexibility index (Phi) is 4.26. The molecule has 1 heterocycles. The zero-order valence-corrected chi connectivity index (χ0v) is 14.4. The number of fused-ring (bicyclic) bond motifs is 1. The highest BCUT2D eigenvalue weighted by molar-refractivity contribution is 6.30. The minimum absolute atomic E-state index is 0.210. The first kappa shape index (κ1) is 16.5. The van der Waals surface area contributed by atoms with Crippen LogP contribution in [0.5, 0.6) is 11.5 Å².